The van der Waals surface area contributed by atoms with Gasteiger partial charge in [0.05, 0.1) is 11.6 Å². The fraction of sp³-hybridized carbons (Fsp3) is 0.0667. The summed E-state index contributed by atoms with van der Waals surface area (Å²) in [4.78, 5) is 13.3. The van der Waals surface area contributed by atoms with Crippen molar-refractivity contribution in [2.24, 2.45) is 0 Å². The number of hydrogen-bond donors (Lipinski definition) is 0. The summed E-state index contributed by atoms with van der Waals surface area (Å²) in [5.41, 5.74) is 0.0905. The average molecular weight is 351 g/mol. The van der Waals surface area contributed by atoms with Crippen LogP contribution in [0, 0.1) is 23.0 Å². The number of benzene rings is 2. The van der Waals surface area contributed by atoms with Crippen LogP contribution in [-0.4, -0.2) is 13.0 Å². The number of nitrogens with zero attached hydrogens (tertiary/aromatic N) is 2. The number of amides is 1. The van der Waals surface area contributed by atoms with E-state index < -0.39 is 23.1 Å². The van der Waals surface area contributed by atoms with Crippen LogP contribution in [-0.2, 0) is 0 Å². The van der Waals surface area contributed by atoms with Gasteiger partial charge < -0.3 is 4.90 Å². The fourth-order valence-corrected chi connectivity index (χ4v) is 2.22. The van der Waals surface area contributed by atoms with Crippen LogP contribution in [0.15, 0.2) is 40.9 Å². The Hall–Kier alpha value is -2.26. The van der Waals surface area contributed by atoms with E-state index in [-0.39, 0.29) is 4.47 Å². The molecule has 0 saturated heterocycles. The molecule has 2 aromatic carbocycles. The maximum absolute atomic E-state index is 13.8. The van der Waals surface area contributed by atoms with Crippen molar-refractivity contribution in [1.82, 2.24) is 0 Å². The van der Waals surface area contributed by atoms with E-state index in [2.05, 4.69) is 15.9 Å². The molecule has 0 atom stereocenters. The molecule has 6 heteroatoms. The minimum Gasteiger partial charge on any atom is -0.311 e. The van der Waals surface area contributed by atoms with Crippen LogP contribution < -0.4 is 4.90 Å². The van der Waals surface area contributed by atoms with Gasteiger partial charge in [0.2, 0.25) is 0 Å². The van der Waals surface area contributed by atoms with Gasteiger partial charge in [-0.05, 0) is 30.3 Å². The first kappa shape index (κ1) is 15.1. The molecule has 0 N–H and O–H groups in total. The van der Waals surface area contributed by atoms with E-state index in [4.69, 9.17) is 5.26 Å². The van der Waals surface area contributed by atoms with Crippen LogP contribution >= 0.6 is 15.9 Å². The zero-order valence-corrected chi connectivity index (χ0v) is 12.5. The molecule has 0 spiro atoms. The van der Waals surface area contributed by atoms with Crippen LogP contribution in [0.2, 0.25) is 0 Å². The molecule has 2 rings (SSSR count). The molecule has 0 aliphatic carbocycles. The van der Waals surface area contributed by atoms with Crippen molar-refractivity contribution in [1.29, 1.82) is 5.26 Å². The summed E-state index contributed by atoms with van der Waals surface area (Å²) in [6.45, 7) is 0. The lowest BCUT2D eigenvalue weighted by molar-refractivity contribution is 0.0985. The van der Waals surface area contributed by atoms with Gasteiger partial charge in [-0.15, -0.1) is 0 Å². The first-order chi connectivity index (χ1) is 9.93. The molecule has 106 valence electrons. The van der Waals surface area contributed by atoms with E-state index in [1.165, 1.54) is 13.1 Å². The third-order valence-corrected chi connectivity index (χ3v) is 3.35. The fourth-order valence-electron chi connectivity index (χ4n) is 1.82. The van der Waals surface area contributed by atoms with Crippen molar-refractivity contribution in [2.75, 3.05) is 11.9 Å². The molecule has 0 heterocycles. The molecular weight excluding hydrogens is 342 g/mol. The molecule has 2 aromatic rings. The molecule has 1 amide bonds. The van der Waals surface area contributed by atoms with Gasteiger partial charge in [-0.3, -0.25) is 4.79 Å². The van der Waals surface area contributed by atoms with E-state index >= 15 is 0 Å². The Morgan fingerprint density at radius 1 is 1.24 bits per heavy atom. The van der Waals surface area contributed by atoms with Crippen LogP contribution in [0.25, 0.3) is 0 Å². The van der Waals surface area contributed by atoms with E-state index in [0.29, 0.717) is 11.3 Å². The summed E-state index contributed by atoms with van der Waals surface area (Å²) in [7, 11) is 1.39. The monoisotopic (exact) mass is 350 g/mol. The lowest BCUT2D eigenvalue weighted by Gasteiger charge is -2.18. The zero-order valence-electron chi connectivity index (χ0n) is 10.9. The number of carbonyl (C=O) groups is 1. The molecule has 0 radical (unpaired) electrons. The quantitative estimate of drug-likeness (QED) is 0.824. The summed E-state index contributed by atoms with van der Waals surface area (Å²) < 4.78 is 27.8. The molecule has 0 bridgehead atoms. The molecule has 21 heavy (non-hydrogen) atoms. The van der Waals surface area contributed by atoms with Crippen molar-refractivity contribution < 1.29 is 13.6 Å². The van der Waals surface area contributed by atoms with E-state index in [1.54, 1.807) is 18.2 Å². The minimum atomic E-state index is -0.949. The van der Waals surface area contributed by atoms with Gasteiger partial charge >= 0.3 is 0 Å². The molecule has 0 aliphatic heterocycles. The Labute approximate surface area is 128 Å². The van der Waals surface area contributed by atoms with E-state index in [1.807, 2.05) is 6.07 Å². The van der Waals surface area contributed by atoms with Crippen LogP contribution in [0.3, 0.4) is 0 Å². The smallest absolute Gasteiger partial charge is 0.263 e. The highest BCUT2D eigenvalue weighted by Crippen LogP contribution is 2.23. The topological polar surface area (TPSA) is 44.1 Å². The molecule has 0 unspecified atom stereocenters. The highest BCUT2D eigenvalue weighted by molar-refractivity contribution is 9.10. The Morgan fingerprint density at radius 3 is 2.43 bits per heavy atom. The van der Waals surface area contributed by atoms with Crippen molar-refractivity contribution in [3.05, 3.63) is 63.6 Å². The van der Waals surface area contributed by atoms with Gasteiger partial charge in [0.25, 0.3) is 5.91 Å². The number of halogens is 3. The first-order valence-electron chi connectivity index (χ1n) is 5.87. The number of nitriles is 1. The Balaban J connectivity index is 2.42. The second kappa shape index (κ2) is 6.02. The summed E-state index contributed by atoms with van der Waals surface area (Å²) in [6.07, 6.45) is 0. The Kier molecular flexibility index (Phi) is 4.34. The maximum Gasteiger partial charge on any atom is 0.263 e. The van der Waals surface area contributed by atoms with Gasteiger partial charge in [-0.25, -0.2) is 8.78 Å². The summed E-state index contributed by atoms with van der Waals surface area (Å²) in [5.74, 6) is -2.72. The second-order valence-electron chi connectivity index (χ2n) is 4.27. The maximum atomic E-state index is 13.8. The second-order valence-corrected chi connectivity index (χ2v) is 5.19. The number of rotatable bonds is 2. The largest absolute Gasteiger partial charge is 0.311 e. The standard InChI is InChI=1S/C15H9BrF2N2O/c1-20(11-4-2-3-9(5-11)8-19)15(21)14-12(17)6-10(16)7-13(14)18/h2-7H,1H3. The van der Waals surface area contributed by atoms with Gasteiger partial charge in [-0.1, -0.05) is 22.0 Å². The molecule has 0 fully saturated rings. The van der Waals surface area contributed by atoms with Gasteiger partial charge in [-0.2, -0.15) is 5.26 Å². The van der Waals surface area contributed by atoms with Crippen molar-refractivity contribution >= 4 is 27.5 Å². The van der Waals surface area contributed by atoms with E-state index in [9.17, 15) is 13.6 Å². The van der Waals surface area contributed by atoms with Crippen LogP contribution in [0.1, 0.15) is 15.9 Å². The average Bonchev–Trinajstić information content (AvgIpc) is 2.45. The third-order valence-electron chi connectivity index (χ3n) is 2.89. The lowest BCUT2D eigenvalue weighted by Crippen LogP contribution is -2.28. The normalized spacial score (nSPS) is 10.0. The number of anilines is 1. The number of carbonyl (C=O) groups excluding carboxylic acids is 1. The molecule has 0 aliphatic rings. The molecule has 0 aromatic heterocycles. The third kappa shape index (κ3) is 3.09. The van der Waals surface area contributed by atoms with Gasteiger partial charge in [0.15, 0.2) is 0 Å². The van der Waals surface area contributed by atoms with Gasteiger partial charge in [0.1, 0.15) is 17.2 Å². The first-order valence-corrected chi connectivity index (χ1v) is 6.66. The Bertz CT molecular complexity index is 733. The number of hydrogen-bond acceptors (Lipinski definition) is 2. The summed E-state index contributed by atoms with van der Waals surface area (Å²) in [5, 5.41) is 8.84. The molecular formula is C15H9BrF2N2O. The van der Waals surface area contributed by atoms with Crippen molar-refractivity contribution in [3.8, 4) is 6.07 Å². The van der Waals surface area contributed by atoms with Crippen LogP contribution in [0.5, 0.6) is 0 Å². The van der Waals surface area contributed by atoms with E-state index in [0.717, 1.165) is 17.0 Å². The van der Waals surface area contributed by atoms with Crippen molar-refractivity contribution in [2.45, 2.75) is 0 Å². The predicted molar refractivity (Wildman–Crippen MR) is 77.9 cm³/mol. The highest BCUT2D eigenvalue weighted by atomic mass is 79.9. The van der Waals surface area contributed by atoms with Crippen LogP contribution in [0.4, 0.5) is 14.5 Å². The minimum absolute atomic E-state index is 0.211. The SMILES string of the molecule is CN(C(=O)c1c(F)cc(Br)cc1F)c1cccc(C#N)c1. The molecule has 3 nitrogen and oxygen atoms in total. The Morgan fingerprint density at radius 2 is 1.86 bits per heavy atom. The zero-order chi connectivity index (χ0) is 15.6. The predicted octanol–water partition coefficient (Wildman–Crippen LogP) is 3.88. The summed E-state index contributed by atoms with van der Waals surface area (Å²) >= 11 is 2.96. The molecule has 0 saturated carbocycles. The highest BCUT2D eigenvalue weighted by Gasteiger charge is 2.22. The van der Waals surface area contributed by atoms with Gasteiger partial charge in [0, 0.05) is 17.2 Å². The summed E-state index contributed by atoms with van der Waals surface area (Å²) in [6, 6.07) is 10.2. The lowest BCUT2D eigenvalue weighted by atomic mass is 10.1. The van der Waals surface area contributed by atoms with Crippen molar-refractivity contribution in [3.63, 3.8) is 0 Å².